The Hall–Kier alpha value is -1.86. The van der Waals surface area contributed by atoms with Gasteiger partial charge in [-0.1, -0.05) is 12.1 Å². The van der Waals surface area contributed by atoms with Crippen molar-refractivity contribution in [3.05, 3.63) is 34.4 Å². The molecule has 1 aromatic carbocycles. The van der Waals surface area contributed by atoms with E-state index in [9.17, 15) is 14.9 Å². The number of halogens is 1. The summed E-state index contributed by atoms with van der Waals surface area (Å²) in [6.07, 6.45) is 0. The lowest BCUT2D eigenvalue weighted by Gasteiger charge is -2.36. The van der Waals surface area contributed by atoms with Crippen LogP contribution in [0.4, 0.5) is 11.4 Å². The number of carbonyl (C=O) groups is 1. The fourth-order valence-corrected chi connectivity index (χ4v) is 2.34. The van der Waals surface area contributed by atoms with Crippen molar-refractivity contribution in [3.8, 4) is 0 Å². The second-order valence-electron chi connectivity index (χ2n) is 4.85. The Morgan fingerprint density at radius 1 is 1.29 bits per heavy atom. The smallest absolute Gasteiger partial charge is 0.292 e. The Balaban J connectivity index is 0.00000220. The first-order valence-electron chi connectivity index (χ1n) is 6.53. The zero-order chi connectivity index (χ0) is 14.7. The van der Waals surface area contributed by atoms with Gasteiger partial charge in [-0.3, -0.25) is 14.9 Å². The van der Waals surface area contributed by atoms with Crippen molar-refractivity contribution < 1.29 is 9.72 Å². The number of nitrogens with two attached hydrogens (primary N) is 1. The second-order valence-corrected chi connectivity index (χ2v) is 4.85. The highest BCUT2D eigenvalue weighted by atomic mass is 35.5. The van der Waals surface area contributed by atoms with E-state index in [0.717, 1.165) is 0 Å². The van der Waals surface area contributed by atoms with Crippen LogP contribution in [-0.4, -0.2) is 48.0 Å². The molecule has 0 saturated carbocycles. The van der Waals surface area contributed by atoms with Gasteiger partial charge in [0.1, 0.15) is 5.69 Å². The molecular formula is C13H19ClN4O3. The van der Waals surface area contributed by atoms with Crippen molar-refractivity contribution >= 4 is 29.7 Å². The first-order valence-corrected chi connectivity index (χ1v) is 6.53. The quantitative estimate of drug-likeness (QED) is 0.664. The number of benzene rings is 1. The van der Waals surface area contributed by atoms with Crippen LogP contribution in [-0.2, 0) is 4.79 Å². The van der Waals surface area contributed by atoms with Crippen molar-refractivity contribution in [2.75, 3.05) is 31.1 Å². The van der Waals surface area contributed by atoms with Crippen molar-refractivity contribution in [2.45, 2.75) is 13.0 Å². The summed E-state index contributed by atoms with van der Waals surface area (Å²) in [5.41, 5.74) is 6.28. The number of anilines is 1. The Morgan fingerprint density at radius 3 is 2.38 bits per heavy atom. The van der Waals surface area contributed by atoms with Crippen LogP contribution < -0.4 is 10.6 Å². The molecule has 1 aliphatic rings. The summed E-state index contributed by atoms with van der Waals surface area (Å²) >= 11 is 0. The van der Waals surface area contributed by atoms with Gasteiger partial charge in [-0.25, -0.2) is 0 Å². The molecule has 1 saturated heterocycles. The number of carbonyl (C=O) groups excluding carboxylic acids is 1. The van der Waals surface area contributed by atoms with E-state index in [-0.39, 0.29) is 28.9 Å². The number of nitrogens with zero attached hydrogens (tertiary/aromatic N) is 3. The molecule has 0 bridgehead atoms. The monoisotopic (exact) mass is 314 g/mol. The van der Waals surface area contributed by atoms with E-state index < -0.39 is 6.04 Å². The third-order valence-corrected chi connectivity index (χ3v) is 3.40. The van der Waals surface area contributed by atoms with E-state index in [2.05, 4.69) is 0 Å². The van der Waals surface area contributed by atoms with Crippen molar-refractivity contribution in [3.63, 3.8) is 0 Å². The molecule has 21 heavy (non-hydrogen) atoms. The van der Waals surface area contributed by atoms with Crippen LogP contribution in [0.15, 0.2) is 24.3 Å². The van der Waals surface area contributed by atoms with Crippen molar-refractivity contribution in [1.29, 1.82) is 0 Å². The first kappa shape index (κ1) is 17.2. The van der Waals surface area contributed by atoms with E-state index in [1.807, 2.05) is 4.90 Å². The lowest BCUT2D eigenvalue weighted by atomic mass is 10.2. The van der Waals surface area contributed by atoms with E-state index in [1.165, 1.54) is 6.07 Å². The fraction of sp³-hybridized carbons (Fsp3) is 0.462. The molecule has 0 spiro atoms. The number of amides is 1. The lowest BCUT2D eigenvalue weighted by Crippen LogP contribution is -2.52. The Kier molecular flexibility index (Phi) is 5.92. The van der Waals surface area contributed by atoms with Gasteiger partial charge in [-0.05, 0) is 13.0 Å². The molecule has 2 N–H and O–H groups in total. The van der Waals surface area contributed by atoms with Gasteiger partial charge in [-0.2, -0.15) is 0 Å². The number of hydrogen-bond acceptors (Lipinski definition) is 5. The van der Waals surface area contributed by atoms with E-state index >= 15 is 0 Å². The standard InChI is InChI=1S/C13H18N4O3.ClH/c1-10(14)13(18)16-8-6-15(7-9-16)11-4-2-3-5-12(11)17(19)20;/h2-5,10H,6-9,14H2,1H3;1H/t10-;/m0./s1. The number of nitro benzene ring substituents is 1. The van der Waals surface area contributed by atoms with Crippen LogP contribution >= 0.6 is 12.4 Å². The fourth-order valence-electron chi connectivity index (χ4n) is 2.34. The minimum atomic E-state index is -0.507. The van der Waals surface area contributed by atoms with Crippen LogP contribution in [0.3, 0.4) is 0 Å². The van der Waals surface area contributed by atoms with Crippen LogP contribution in [0, 0.1) is 10.1 Å². The first-order chi connectivity index (χ1) is 9.50. The molecular weight excluding hydrogens is 296 g/mol. The van der Waals surface area contributed by atoms with E-state index in [4.69, 9.17) is 5.73 Å². The maximum absolute atomic E-state index is 11.8. The highest BCUT2D eigenvalue weighted by Gasteiger charge is 2.26. The second kappa shape index (κ2) is 7.24. The minimum absolute atomic E-state index is 0. The summed E-state index contributed by atoms with van der Waals surface area (Å²) in [6, 6.07) is 6.16. The third-order valence-electron chi connectivity index (χ3n) is 3.40. The van der Waals surface area contributed by atoms with Gasteiger partial charge in [0.2, 0.25) is 5.91 Å². The highest BCUT2D eigenvalue weighted by molar-refractivity contribution is 5.85. The minimum Gasteiger partial charge on any atom is -0.362 e. The molecule has 0 aliphatic carbocycles. The molecule has 116 valence electrons. The summed E-state index contributed by atoms with van der Waals surface area (Å²) in [7, 11) is 0. The molecule has 0 aromatic heterocycles. The predicted molar refractivity (Wildman–Crippen MR) is 82.8 cm³/mol. The molecule has 7 nitrogen and oxygen atoms in total. The number of piperazine rings is 1. The number of para-hydroxylation sites is 2. The topological polar surface area (TPSA) is 92.7 Å². The predicted octanol–water partition coefficient (Wildman–Crippen LogP) is 1.01. The number of rotatable bonds is 3. The molecule has 0 radical (unpaired) electrons. The van der Waals surface area contributed by atoms with Crippen molar-refractivity contribution in [2.24, 2.45) is 5.73 Å². The normalized spacial score (nSPS) is 16.1. The molecule has 1 fully saturated rings. The largest absolute Gasteiger partial charge is 0.362 e. The maximum atomic E-state index is 11.8. The molecule has 1 atom stereocenters. The third kappa shape index (κ3) is 3.83. The zero-order valence-corrected chi connectivity index (χ0v) is 12.6. The molecule has 8 heteroatoms. The molecule has 1 aliphatic heterocycles. The summed E-state index contributed by atoms with van der Waals surface area (Å²) in [6.45, 7) is 3.88. The van der Waals surface area contributed by atoms with Crippen LogP contribution in [0.5, 0.6) is 0 Å². The Morgan fingerprint density at radius 2 is 1.86 bits per heavy atom. The zero-order valence-electron chi connectivity index (χ0n) is 11.8. The lowest BCUT2D eigenvalue weighted by molar-refractivity contribution is -0.384. The molecule has 0 unspecified atom stereocenters. The van der Waals surface area contributed by atoms with Gasteiger partial charge in [0.05, 0.1) is 11.0 Å². The summed E-state index contributed by atoms with van der Waals surface area (Å²) < 4.78 is 0. The average molecular weight is 315 g/mol. The Labute approximate surface area is 129 Å². The maximum Gasteiger partial charge on any atom is 0.292 e. The number of nitro groups is 1. The van der Waals surface area contributed by atoms with Gasteiger partial charge >= 0.3 is 0 Å². The number of hydrogen-bond donors (Lipinski definition) is 1. The van der Waals surface area contributed by atoms with Crippen LogP contribution in [0.1, 0.15) is 6.92 Å². The van der Waals surface area contributed by atoms with Gasteiger partial charge in [-0.15, -0.1) is 12.4 Å². The molecule has 2 rings (SSSR count). The summed E-state index contributed by atoms with van der Waals surface area (Å²) in [5, 5.41) is 11.0. The average Bonchev–Trinajstić information content (AvgIpc) is 2.46. The van der Waals surface area contributed by atoms with Crippen LogP contribution in [0.2, 0.25) is 0 Å². The molecule has 1 heterocycles. The summed E-state index contributed by atoms with van der Waals surface area (Å²) in [4.78, 5) is 26.1. The highest BCUT2D eigenvalue weighted by Crippen LogP contribution is 2.28. The van der Waals surface area contributed by atoms with Gasteiger partial charge in [0, 0.05) is 32.2 Å². The van der Waals surface area contributed by atoms with Crippen LogP contribution in [0.25, 0.3) is 0 Å². The SMILES string of the molecule is C[C@H](N)C(=O)N1CCN(c2ccccc2[N+](=O)[O-])CC1.Cl. The molecule has 1 amide bonds. The van der Waals surface area contributed by atoms with Gasteiger partial charge in [0.15, 0.2) is 0 Å². The van der Waals surface area contributed by atoms with Crippen molar-refractivity contribution in [1.82, 2.24) is 4.90 Å². The molecule has 1 aromatic rings. The Bertz CT molecular complexity index is 516. The van der Waals surface area contributed by atoms with E-state index in [1.54, 1.807) is 30.0 Å². The van der Waals surface area contributed by atoms with Gasteiger partial charge < -0.3 is 15.5 Å². The van der Waals surface area contributed by atoms with Gasteiger partial charge in [0.25, 0.3) is 5.69 Å². The van der Waals surface area contributed by atoms with E-state index in [0.29, 0.717) is 31.9 Å². The summed E-state index contributed by atoms with van der Waals surface area (Å²) in [5.74, 6) is -0.0767.